The number of hydrogen-bond donors (Lipinski definition) is 3. The van der Waals surface area contributed by atoms with Crippen molar-refractivity contribution in [1.29, 1.82) is 0 Å². The minimum Gasteiger partial charge on any atom is -0.504 e. The Morgan fingerprint density at radius 3 is 2.89 bits per heavy atom. The van der Waals surface area contributed by atoms with E-state index in [4.69, 9.17) is 0 Å². The molecule has 2 heterocycles. The van der Waals surface area contributed by atoms with E-state index < -0.39 is 0 Å². The van der Waals surface area contributed by atoms with Gasteiger partial charge >= 0.3 is 0 Å². The molecule has 0 aromatic carbocycles. The van der Waals surface area contributed by atoms with Crippen molar-refractivity contribution < 1.29 is 9.90 Å². The van der Waals surface area contributed by atoms with Crippen LogP contribution in [0.1, 0.15) is 32.6 Å². The molecule has 0 saturated carbocycles. The second-order valence-electron chi connectivity index (χ2n) is 5.11. The molecule has 1 amide bonds. The Morgan fingerprint density at radius 2 is 2.26 bits per heavy atom. The van der Waals surface area contributed by atoms with Gasteiger partial charge in [-0.05, 0) is 44.5 Å². The average molecular weight is 263 g/mol. The topological polar surface area (TPSA) is 74.2 Å². The van der Waals surface area contributed by atoms with Gasteiger partial charge in [0.05, 0.1) is 5.41 Å². The average Bonchev–Trinajstić information content (AvgIpc) is 2.42. The lowest BCUT2D eigenvalue weighted by Crippen LogP contribution is -2.45. The van der Waals surface area contributed by atoms with E-state index in [9.17, 15) is 9.90 Å². The lowest BCUT2D eigenvalue weighted by molar-refractivity contribution is -0.127. The molecule has 0 aliphatic carbocycles. The predicted molar refractivity (Wildman–Crippen MR) is 74.0 cm³/mol. The van der Waals surface area contributed by atoms with Gasteiger partial charge in [0, 0.05) is 6.20 Å². The number of nitrogens with one attached hydrogen (secondary N) is 2. The van der Waals surface area contributed by atoms with Crippen LogP contribution in [0.5, 0.6) is 5.75 Å². The molecule has 1 fully saturated rings. The van der Waals surface area contributed by atoms with Crippen molar-refractivity contribution >= 4 is 11.7 Å². The zero-order valence-electron chi connectivity index (χ0n) is 11.3. The molecule has 5 nitrogen and oxygen atoms in total. The molecule has 1 saturated heterocycles. The van der Waals surface area contributed by atoms with Gasteiger partial charge in [0.25, 0.3) is 0 Å². The third kappa shape index (κ3) is 3.04. The number of anilines is 1. The van der Waals surface area contributed by atoms with Crippen LogP contribution in [0.25, 0.3) is 0 Å². The highest BCUT2D eigenvalue weighted by Gasteiger charge is 2.38. The predicted octanol–water partition coefficient (Wildman–Crippen LogP) is 1.90. The summed E-state index contributed by atoms with van der Waals surface area (Å²) >= 11 is 0. The van der Waals surface area contributed by atoms with Gasteiger partial charge in [0.15, 0.2) is 11.6 Å². The minimum absolute atomic E-state index is 0.0106. The van der Waals surface area contributed by atoms with Crippen molar-refractivity contribution in [3.63, 3.8) is 0 Å². The van der Waals surface area contributed by atoms with Gasteiger partial charge in [-0.15, -0.1) is 0 Å². The van der Waals surface area contributed by atoms with E-state index in [-0.39, 0.29) is 22.9 Å². The number of nitrogens with zero attached hydrogens (tertiary/aromatic N) is 1. The van der Waals surface area contributed by atoms with Crippen molar-refractivity contribution in [2.45, 2.75) is 32.6 Å². The molecule has 1 aliphatic heterocycles. The van der Waals surface area contributed by atoms with Crippen LogP contribution in [0.2, 0.25) is 0 Å². The van der Waals surface area contributed by atoms with Crippen LogP contribution in [0.15, 0.2) is 18.3 Å². The highest BCUT2D eigenvalue weighted by molar-refractivity contribution is 5.95. The molecule has 2 rings (SSSR count). The first-order chi connectivity index (χ1) is 9.18. The summed E-state index contributed by atoms with van der Waals surface area (Å²) in [5, 5.41) is 15.7. The van der Waals surface area contributed by atoms with E-state index in [0.29, 0.717) is 0 Å². The van der Waals surface area contributed by atoms with Gasteiger partial charge in [-0.2, -0.15) is 0 Å². The van der Waals surface area contributed by atoms with Gasteiger partial charge in [0.1, 0.15) is 0 Å². The van der Waals surface area contributed by atoms with Gasteiger partial charge < -0.3 is 15.7 Å². The normalized spacial score (nSPS) is 17.9. The third-order valence-corrected chi connectivity index (χ3v) is 3.79. The van der Waals surface area contributed by atoms with Gasteiger partial charge in [-0.1, -0.05) is 13.3 Å². The molecule has 0 atom stereocenters. The summed E-state index contributed by atoms with van der Waals surface area (Å²) in [4.78, 5) is 16.5. The van der Waals surface area contributed by atoms with Crippen molar-refractivity contribution in [2.24, 2.45) is 5.41 Å². The second-order valence-corrected chi connectivity index (χ2v) is 5.11. The zero-order chi connectivity index (χ0) is 13.7. The SMILES string of the molecule is CCCC1(C(=O)Nc2ncccc2O)CCNCC1. The summed E-state index contributed by atoms with van der Waals surface area (Å²) in [5.41, 5.74) is -0.329. The van der Waals surface area contributed by atoms with E-state index >= 15 is 0 Å². The maximum absolute atomic E-state index is 12.5. The molecule has 104 valence electrons. The van der Waals surface area contributed by atoms with Gasteiger partial charge in [-0.3, -0.25) is 4.79 Å². The maximum atomic E-state index is 12.5. The lowest BCUT2D eigenvalue weighted by Gasteiger charge is -2.36. The van der Waals surface area contributed by atoms with Gasteiger partial charge in [-0.25, -0.2) is 4.98 Å². The van der Waals surface area contributed by atoms with Crippen molar-refractivity contribution in [1.82, 2.24) is 10.3 Å². The maximum Gasteiger partial charge on any atom is 0.231 e. The van der Waals surface area contributed by atoms with Crippen LogP contribution in [0.4, 0.5) is 5.82 Å². The van der Waals surface area contributed by atoms with Crippen LogP contribution in [-0.4, -0.2) is 29.1 Å². The van der Waals surface area contributed by atoms with Crippen molar-refractivity contribution in [3.8, 4) is 5.75 Å². The number of carbonyl (C=O) groups is 1. The molecule has 5 heteroatoms. The molecule has 1 aromatic heterocycles. The first kappa shape index (κ1) is 13.8. The van der Waals surface area contributed by atoms with E-state index in [0.717, 1.165) is 38.8 Å². The summed E-state index contributed by atoms with van der Waals surface area (Å²) in [6.07, 6.45) is 5.07. The Labute approximate surface area is 113 Å². The fourth-order valence-electron chi connectivity index (χ4n) is 2.71. The summed E-state index contributed by atoms with van der Waals surface area (Å²) in [7, 11) is 0. The Bertz CT molecular complexity index is 437. The summed E-state index contributed by atoms with van der Waals surface area (Å²) in [5.74, 6) is 0.239. The fourth-order valence-corrected chi connectivity index (χ4v) is 2.71. The van der Waals surface area contributed by atoms with Crippen LogP contribution in [-0.2, 0) is 4.79 Å². The number of aromatic hydroxyl groups is 1. The number of carbonyl (C=O) groups excluding carboxylic acids is 1. The van der Waals surface area contributed by atoms with Crippen molar-refractivity contribution in [2.75, 3.05) is 18.4 Å². The first-order valence-electron chi connectivity index (χ1n) is 6.84. The Kier molecular flexibility index (Phi) is 4.37. The summed E-state index contributed by atoms with van der Waals surface area (Å²) in [6, 6.07) is 3.16. The number of pyridine rings is 1. The number of hydrogen-bond acceptors (Lipinski definition) is 4. The van der Waals surface area contributed by atoms with Gasteiger partial charge in [0.2, 0.25) is 5.91 Å². The molecular formula is C14H21N3O2. The van der Waals surface area contributed by atoms with Crippen LogP contribution in [0, 0.1) is 5.41 Å². The molecule has 19 heavy (non-hydrogen) atoms. The molecule has 1 aliphatic rings. The van der Waals surface area contributed by atoms with E-state index in [1.165, 1.54) is 6.07 Å². The monoisotopic (exact) mass is 263 g/mol. The molecule has 3 N–H and O–H groups in total. The second kappa shape index (κ2) is 6.02. The molecule has 0 spiro atoms. The highest BCUT2D eigenvalue weighted by atomic mass is 16.3. The lowest BCUT2D eigenvalue weighted by atomic mass is 9.74. The Hall–Kier alpha value is -1.62. The van der Waals surface area contributed by atoms with Crippen molar-refractivity contribution in [3.05, 3.63) is 18.3 Å². The molecular weight excluding hydrogens is 242 g/mol. The number of aromatic nitrogens is 1. The minimum atomic E-state index is -0.329. The summed E-state index contributed by atoms with van der Waals surface area (Å²) < 4.78 is 0. The zero-order valence-corrected chi connectivity index (χ0v) is 11.3. The standard InChI is InChI=1S/C14H21N3O2/c1-2-5-14(6-9-15-10-7-14)13(19)17-12-11(18)4-3-8-16-12/h3-4,8,15,18H,2,5-7,9-10H2,1H3,(H,16,17,19). The van der Waals surface area contributed by atoms with E-state index in [2.05, 4.69) is 22.5 Å². The quantitative estimate of drug-likeness (QED) is 0.775. The molecule has 0 unspecified atom stereocenters. The fraction of sp³-hybridized carbons (Fsp3) is 0.571. The van der Waals surface area contributed by atoms with Crippen LogP contribution in [0.3, 0.4) is 0 Å². The van der Waals surface area contributed by atoms with E-state index in [1.807, 2.05) is 0 Å². The van der Waals surface area contributed by atoms with Crippen LogP contribution < -0.4 is 10.6 Å². The summed E-state index contributed by atoms with van der Waals surface area (Å²) in [6.45, 7) is 3.82. The Morgan fingerprint density at radius 1 is 1.53 bits per heavy atom. The molecule has 0 radical (unpaired) electrons. The highest BCUT2D eigenvalue weighted by Crippen LogP contribution is 2.35. The van der Waals surface area contributed by atoms with Crippen LogP contribution >= 0.6 is 0 Å². The third-order valence-electron chi connectivity index (χ3n) is 3.79. The number of amides is 1. The Balaban J connectivity index is 2.14. The molecule has 0 bridgehead atoms. The molecule has 1 aromatic rings. The van der Waals surface area contributed by atoms with E-state index in [1.54, 1.807) is 12.3 Å². The number of rotatable bonds is 4. The number of piperidine rings is 1. The smallest absolute Gasteiger partial charge is 0.231 e. The first-order valence-corrected chi connectivity index (χ1v) is 6.84. The largest absolute Gasteiger partial charge is 0.504 e.